The maximum absolute atomic E-state index is 11.9. The molecule has 0 atom stereocenters. The first-order valence-electron chi connectivity index (χ1n) is 7.44. The Kier molecular flexibility index (Phi) is 4.42. The number of aromatic nitrogens is 2. The Morgan fingerprint density at radius 2 is 2.23 bits per heavy atom. The number of likely N-dealkylation sites (tertiary alicyclic amines) is 1. The van der Waals surface area contributed by atoms with Gasteiger partial charge in [-0.2, -0.15) is 4.98 Å². The van der Waals surface area contributed by atoms with Gasteiger partial charge in [-0.15, -0.1) is 11.3 Å². The summed E-state index contributed by atoms with van der Waals surface area (Å²) >= 11 is 1.70. The molecule has 1 saturated heterocycles. The standard InChI is InChI=1S/C15H20N4O2S/c1-18(2)15(20)19-7-5-11(6-8-19)14-16-13(17-21-14)10-12-4-3-9-22-12/h3-4,9,11H,5-8,10H2,1-2H3. The van der Waals surface area contributed by atoms with Gasteiger partial charge in [0.05, 0.1) is 0 Å². The summed E-state index contributed by atoms with van der Waals surface area (Å²) in [5, 5.41) is 6.13. The Bertz CT molecular complexity index is 615. The number of thiophene rings is 1. The molecular weight excluding hydrogens is 300 g/mol. The van der Waals surface area contributed by atoms with Crippen LogP contribution in [0.2, 0.25) is 0 Å². The molecule has 0 saturated carbocycles. The van der Waals surface area contributed by atoms with Gasteiger partial charge in [0.2, 0.25) is 5.89 Å². The van der Waals surface area contributed by atoms with E-state index in [1.807, 2.05) is 16.3 Å². The van der Waals surface area contributed by atoms with Gasteiger partial charge < -0.3 is 14.3 Å². The van der Waals surface area contributed by atoms with Gasteiger partial charge >= 0.3 is 6.03 Å². The van der Waals surface area contributed by atoms with Gasteiger partial charge in [-0.25, -0.2) is 4.79 Å². The second-order valence-electron chi connectivity index (χ2n) is 5.74. The van der Waals surface area contributed by atoms with E-state index in [1.54, 1.807) is 30.3 Å². The molecule has 1 aliphatic heterocycles. The van der Waals surface area contributed by atoms with Crippen LogP contribution >= 0.6 is 11.3 Å². The summed E-state index contributed by atoms with van der Waals surface area (Å²) in [4.78, 5) is 21.2. The second kappa shape index (κ2) is 6.48. The first-order valence-corrected chi connectivity index (χ1v) is 8.32. The molecule has 0 spiro atoms. The smallest absolute Gasteiger partial charge is 0.319 e. The van der Waals surface area contributed by atoms with Crippen LogP contribution in [0.15, 0.2) is 22.0 Å². The van der Waals surface area contributed by atoms with E-state index in [2.05, 4.69) is 16.2 Å². The van der Waals surface area contributed by atoms with Crippen molar-refractivity contribution in [1.29, 1.82) is 0 Å². The lowest BCUT2D eigenvalue weighted by molar-refractivity contribution is 0.152. The predicted octanol–water partition coefficient (Wildman–Crippen LogP) is 2.58. The van der Waals surface area contributed by atoms with Crippen LogP contribution in [0.4, 0.5) is 4.79 Å². The first-order chi connectivity index (χ1) is 10.6. The van der Waals surface area contributed by atoms with Crippen LogP contribution < -0.4 is 0 Å². The lowest BCUT2D eigenvalue weighted by Gasteiger charge is -2.32. The maximum atomic E-state index is 11.9. The maximum Gasteiger partial charge on any atom is 0.319 e. The van der Waals surface area contributed by atoms with Crippen molar-refractivity contribution in [2.75, 3.05) is 27.2 Å². The van der Waals surface area contributed by atoms with Crippen molar-refractivity contribution in [2.45, 2.75) is 25.2 Å². The molecule has 3 heterocycles. The molecule has 1 fully saturated rings. The van der Waals surface area contributed by atoms with E-state index >= 15 is 0 Å². The molecule has 2 aromatic heterocycles. The molecule has 7 heteroatoms. The molecule has 1 aliphatic rings. The highest BCUT2D eigenvalue weighted by Gasteiger charge is 2.28. The minimum atomic E-state index is 0.0716. The summed E-state index contributed by atoms with van der Waals surface area (Å²) in [6.45, 7) is 1.48. The zero-order valence-corrected chi connectivity index (χ0v) is 13.7. The van der Waals surface area contributed by atoms with Gasteiger partial charge in [0.15, 0.2) is 5.82 Å². The van der Waals surface area contributed by atoms with Crippen LogP contribution in [0, 0.1) is 0 Å². The molecule has 6 nitrogen and oxygen atoms in total. The number of nitrogens with zero attached hydrogens (tertiary/aromatic N) is 4. The van der Waals surface area contributed by atoms with Crippen LogP contribution in [-0.2, 0) is 6.42 Å². The molecule has 0 aromatic carbocycles. The largest absolute Gasteiger partial charge is 0.339 e. The third kappa shape index (κ3) is 3.30. The Morgan fingerprint density at radius 3 is 2.86 bits per heavy atom. The first kappa shape index (κ1) is 15.0. The molecule has 0 N–H and O–H groups in total. The predicted molar refractivity (Wildman–Crippen MR) is 84.1 cm³/mol. The third-order valence-electron chi connectivity index (χ3n) is 3.89. The molecule has 2 amide bonds. The highest BCUT2D eigenvalue weighted by atomic mass is 32.1. The quantitative estimate of drug-likeness (QED) is 0.872. The summed E-state index contributed by atoms with van der Waals surface area (Å²) < 4.78 is 5.43. The highest BCUT2D eigenvalue weighted by molar-refractivity contribution is 7.09. The number of carbonyl (C=O) groups is 1. The van der Waals surface area contributed by atoms with Crippen molar-refractivity contribution in [3.8, 4) is 0 Å². The van der Waals surface area contributed by atoms with E-state index in [9.17, 15) is 4.79 Å². The van der Waals surface area contributed by atoms with Gasteiger partial charge in [-0.05, 0) is 24.3 Å². The Labute approximate surface area is 133 Å². The number of urea groups is 1. The molecule has 0 unspecified atom stereocenters. The van der Waals surface area contributed by atoms with Gasteiger partial charge in [0.25, 0.3) is 0 Å². The summed E-state index contributed by atoms with van der Waals surface area (Å²) in [6.07, 6.45) is 2.47. The van der Waals surface area contributed by atoms with E-state index in [0.717, 1.165) is 38.2 Å². The second-order valence-corrected chi connectivity index (χ2v) is 6.78. The molecule has 0 bridgehead atoms. The lowest BCUT2D eigenvalue weighted by atomic mass is 9.97. The zero-order valence-electron chi connectivity index (χ0n) is 12.9. The lowest BCUT2D eigenvalue weighted by Crippen LogP contribution is -2.43. The molecule has 2 aromatic rings. The average Bonchev–Trinajstić information content (AvgIpc) is 3.19. The van der Waals surface area contributed by atoms with E-state index in [-0.39, 0.29) is 11.9 Å². The van der Waals surface area contributed by atoms with Gasteiger partial charge in [-0.1, -0.05) is 11.2 Å². The van der Waals surface area contributed by atoms with Crippen molar-refractivity contribution < 1.29 is 9.32 Å². The molecule has 0 radical (unpaired) electrons. The molecule has 3 rings (SSSR count). The van der Waals surface area contributed by atoms with Crippen LogP contribution in [0.5, 0.6) is 0 Å². The SMILES string of the molecule is CN(C)C(=O)N1CCC(c2nc(Cc3cccs3)no2)CC1. The topological polar surface area (TPSA) is 62.5 Å². The minimum absolute atomic E-state index is 0.0716. The number of rotatable bonds is 3. The van der Waals surface area contributed by atoms with Crippen molar-refractivity contribution in [1.82, 2.24) is 19.9 Å². The molecule has 22 heavy (non-hydrogen) atoms. The van der Waals surface area contributed by atoms with Crippen molar-refractivity contribution in [2.24, 2.45) is 0 Å². The van der Waals surface area contributed by atoms with E-state index in [1.165, 1.54) is 4.88 Å². The minimum Gasteiger partial charge on any atom is -0.339 e. The van der Waals surface area contributed by atoms with Crippen LogP contribution in [0.3, 0.4) is 0 Å². The van der Waals surface area contributed by atoms with Gasteiger partial charge in [-0.3, -0.25) is 0 Å². The molecular formula is C15H20N4O2S. The van der Waals surface area contributed by atoms with E-state index < -0.39 is 0 Å². The van der Waals surface area contributed by atoms with E-state index in [0.29, 0.717) is 5.89 Å². The number of piperidine rings is 1. The monoisotopic (exact) mass is 320 g/mol. The summed E-state index contributed by atoms with van der Waals surface area (Å²) in [5.74, 6) is 1.71. The summed E-state index contributed by atoms with van der Waals surface area (Å²) in [6, 6.07) is 4.17. The summed E-state index contributed by atoms with van der Waals surface area (Å²) in [5.41, 5.74) is 0. The van der Waals surface area contributed by atoms with Gasteiger partial charge in [0, 0.05) is 44.4 Å². The highest BCUT2D eigenvalue weighted by Crippen LogP contribution is 2.27. The normalized spacial score (nSPS) is 16.0. The number of hydrogen-bond donors (Lipinski definition) is 0. The number of hydrogen-bond acceptors (Lipinski definition) is 5. The number of carbonyl (C=O) groups excluding carboxylic acids is 1. The zero-order chi connectivity index (χ0) is 15.5. The average molecular weight is 320 g/mol. The molecule has 118 valence electrons. The Morgan fingerprint density at radius 1 is 1.45 bits per heavy atom. The summed E-state index contributed by atoms with van der Waals surface area (Å²) in [7, 11) is 3.56. The molecule has 0 aliphatic carbocycles. The van der Waals surface area contributed by atoms with Crippen molar-refractivity contribution >= 4 is 17.4 Å². The van der Waals surface area contributed by atoms with Crippen LogP contribution in [-0.4, -0.2) is 53.2 Å². The Balaban J connectivity index is 1.57. The third-order valence-corrected chi connectivity index (χ3v) is 4.77. The van der Waals surface area contributed by atoms with Gasteiger partial charge in [0.1, 0.15) is 0 Å². The number of amides is 2. The fraction of sp³-hybridized carbons (Fsp3) is 0.533. The van der Waals surface area contributed by atoms with Crippen molar-refractivity contribution in [3.05, 3.63) is 34.1 Å². The fourth-order valence-corrected chi connectivity index (χ4v) is 3.38. The van der Waals surface area contributed by atoms with Crippen LogP contribution in [0.25, 0.3) is 0 Å². The van der Waals surface area contributed by atoms with Crippen LogP contribution in [0.1, 0.15) is 35.4 Å². The van der Waals surface area contributed by atoms with E-state index in [4.69, 9.17) is 4.52 Å². The fourth-order valence-electron chi connectivity index (χ4n) is 2.67. The Hall–Kier alpha value is -1.89. The van der Waals surface area contributed by atoms with Crippen molar-refractivity contribution in [3.63, 3.8) is 0 Å².